The van der Waals surface area contributed by atoms with Crippen molar-refractivity contribution in [1.29, 1.82) is 0 Å². The van der Waals surface area contributed by atoms with Crippen molar-refractivity contribution in [2.24, 2.45) is 0 Å². The lowest BCUT2D eigenvalue weighted by Gasteiger charge is -2.33. The number of hydrogen-bond donors (Lipinski definition) is 1. The van der Waals surface area contributed by atoms with Crippen LogP contribution in [0.3, 0.4) is 0 Å². The summed E-state index contributed by atoms with van der Waals surface area (Å²) < 4.78 is 43.7. The van der Waals surface area contributed by atoms with E-state index in [-0.39, 0.29) is 22.7 Å². The molecular weight excluding hydrogens is 573 g/mol. The Labute approximate surface area is 231 Å². The number of nitrogens with zero attached hydrogens (tertiary/aromatic N) is 2. The number of sulfonamides is 1. The maximum Gasteiger partial charge on any atom is 0.264 e. The van der Waals surface area contributed by atoms with Crippen molar-refractivity contribution in [1.82, 2.24) is 10.2 Å². The van der Waals surface area contributed by atoms with Gasteiger partial charge in [0.2, 0.25) is 11.8 Å². The standard InChI is InChI=1S/C28H31BrFN3O4S/c1-20(27(35)31-28(2,3)4)32(18-21-10-8-9-13-25(21)30)26(34)19-33(23-16-14-22(29)15-17-23)38(36,37)24-11-6-5-7-12-24/h5-17,20H,18-19H2,1-4H3,(H,31,35). The van der Waals surface area contributed by atoms with Gasteiger partial charge >= 0.3 is 0 Å². The largest absolute Gasteiger partial charge is 0.350 e. The third-order valence-electron chi connectivity index (χ3n) is 5.69. The first-order valence-electron chi connectivity index (χ1n) is 12.0. The molecule has 3 aromatic rings. The summed E-state index contributed by atoms with van der Waals surface area (Å²) in [5.41, 5.74) is -0.0987. The minimum atomic E-state index is -4.16. The number of halogens is 2. The molecule has 0 aliphatic rings. The monoisotopic (exact) mass is 603 g/mol. The SMILES string of the molecule is CC(C(=O)NC(C)(C)C)N(Cc1ccccc1F)C(=O)CN(c1ccc(Br)cc1)S(=O)(=O)c1ccccc1. The first-order valence-corrected chi connectivity index (χ1v) is 14.2. The van der Waals surface area contributed by atoms with Gasteiger partial charge in [0.25, 0.3) is 10.0 Å². The van der Waals surface area contributed by atoms with Crippen molar-refractivity contribution in [2.45, 2.75) is 50.7 Å². The minimum Gasteiger partial charge on any atom is -0.350 e. The molecule has 0 radical (unpaired) electrons. The van der Waals surface area contributed by atoms with Crippen molar-refractivity contribution in [2.75, 3.05) is 10.8 Å². The summed E-state index contributed by atoms with van der Waals surface area (Å²) >= 11 is 3.34. The molecule has 10 heteroatoms. The molecule has 1 unspecified atom stereocenters. The lowest BCUT2D eigenvalue weighted by molar-refractivity contribution is -0.140. The number of amides is 2. The predicted molar refractivity (Wildman–Crippen MR) is 149 cm³/mol. The predicted octanol–water partition coefficient (Wildman–Crippen LogP) is 5.12. The van der Waals surface area contributed by atoms with E-state index in [2.05, 4.69) is 21.2 Å². The second-order valence-electron chi connectivity index (χ2n) is 9.83. The highest BCUT2D eigenvalue weighted by atomic mass is 79.9. The molecule has 202 valence electrons. The number of benzene rings is 3. The fraction of sp³-hybridized carbons (Fsp3) is 0.286. The van der Waals surface area contributed by atoms with Crippen LogP contribution < -0.4 is 9.62 Å². The van der Waals surface area contributed by atoms with E-state index in [1.54, 1.807) is 48.5 Å². The van der Waals surface area contributed by atoms with Gasteiger partial charge in [-0.25, -0.2) is 12.8 Å². The molecule has 1 atom stereocenters. The van der Waals surface area contributed by atoms with Crippen molar-refractivity contribution >= 4 is 43.5 Å². The van der Waals surface area contributed by atoms with Crippen LogP contribution in [0, 0.1) is 5.82 Å². The molecule has 0 saturated heterocycles. The number of rotatable bonds is 9. The Morgan fingerprint density at radius 3 is 2.11 bits per heavy atom. The molecule has 1 N–H and O–H groups in total. The molecule has 0 spiro atoms. The molecule has 3 rings (SSSR count). The maximum absolute atomic E-state index is 14.6. The maximum atomic E-state index is 14.6. The van der Waals surface area contributed by atoms with E-state index in [0.29, 0.717) is 0 Å². The Hall–Kier alpha value is -3.24. The summed E-state index contributed by atoms with van der Waals surface area (Å²) in [5.74, 6) is -1.63. The molecule has 0 fully saturated rings. The molecule has 2 amide bonds. The van der Waals surface area contributed by atoms with Gasteiger partial charge < -0.3 is 10.2 Å². The lowest BCUT2D eigenvalue weighted by atomic mass is 10.1. The van der Waals surface area contributed by atoms with Gasteiger partial charge in [-0.2, -0.15) is 0 Å². The van der Waals surface area contributed by atoms with Gasteiger partial charge in [-0.1, -0.05) is 52.3 Å². The molecule has 0 aliphatic heterocycles. The fourth-order valence-corrected chi connectivity index (χ4v) is 5.42. The number of anilines is 1. The van der Waals surface area contributed by atoms with Gasteiger partial charge in [-0.15, -0.1) is 0 Å². The highest BCUT2D eigenvalue weighted by molar-refractivity contribution is 9.10. The summed E-state index contributed by atoms with van der Waals surface area (Å²) in [6.07, 6.45) is 0. The molecule has 0 heterocycles. The van der Waals surface area contributed by atoms with Gasteiger partial charge in [-0.05, 0) is 70.2 Å². The Balaban J connectivity index is 2.03. The van der Waals surface area contributed by atoms with Gasteiger partial charge in [-0.3, -0.25) is 13.9 Å². The van der Waals surface area contributed by atoms with Crippen LogP contribution >= 0.6 is 15.9 Å². The average molecular weight is 605 g/mol. The zero-order valence-electron chi connectivity index (χ0n) is 21.7. The van der Waals surface area contributed by atoms with Gasteiger partial charge in [0.15, 0.2) is 0 Å². The van der Waals surface area contributed by atoms with Crippen LogP contribution in [0.5, 0.6) is 0 Å². The summed E-state index contributed by atoms with van der Waals surface area (Å²) in [4.78, 5) is 28.1. The van der Waals surface area contributed by atoms with Crippen molar-refractivity contribution in [3.8, 4) is 0 Å². The number of hydrogen-bond acceptors (Lipinski definition) is 4. The third kappa shape index (κ3) is 7.41. The average Bonchev–Trinajstić information content (AvgIpc) is 2.86. The zero-order chi connectivity index (χ0) is 28.1. The minimum absolute atomic E-state index is 0.00916. The second-order valence-corrected chi connectivity index (χ2v) is 12.6. The molecule has 0 aromatic heterocycles. The normalized spacial score (nSPS) is 12.5. The summed E-state index contributed by atoms with van der Waals surface area (Å²) in [6.45, 7) is 6.15. The van der Waals surface area contributed by atoms with E-state index in [0.717, 1.165) is 8.78 Å². The number of carbonyl (C=O) groups is 2. The first-order chi connectivity index (χ1) is 17.8. The van der Waals surface area contributed by atoms with Gasteiger partial charge in [0.1, 0.15) is 18.4 Å². The number of nitrogens with one attached hydrogen (secondary N) is 1. The molecule has 0 saturated carbocycles. The first kappa shape index (κ1) is 29.3. The Morgan fingerprint density at radius 2 is 1.53 bits per heavy atom. The van der Waals surface area contributed by atoms with Crippen LogP contribution in [0.4, 0.5) is 10.1 Å². The summed E-state index contributed by atoms with van der Waals surface area (Å²) in [7, 11) is -4.16. The fourth-order valence-electron chi connectivity index (χ4n) is 3.72. The van der Waals surface area contributed by atoms with Crippen molar-refractivity contribution in [3.05, 3.63) is 94.7 Å². The quantitative estimate of drug-likeness (QED) is 0.368. The summed E-state index contributed by atoms with van der Waals surface area (Å²) in [5, 5.41) is 2.84. The van der Waals surface area contributed by atoms with Crippen LogP contribution in [-0.4, -0.2) is 43.3 Å². The van der Waals surface area contributed by atoms with Crippen LogP contribution in [-0.2, 0) is 26.2 Å². The van der Waals surface area contributed by atoms with E-state index in [9.17, 15) is 22.4 Å². The van der Waals surface area contributed by atoms with E-state index in [1.807, 2.05) is 20.8 Å². The smallest absolute Gasteiger partial charge is 0.264 e. The topological polar surface area (TPSA) is 86.8 Å². The van der Waals surface area contributed by atoms with Gasteiger partial charge in [0.05, 0.1) is 10.6 Å². The highest BCUT2D eigenvalue weighted by Crippen LogP contribution is 2.26. The van der Waals surface area contributed by atoms with Crippen LogP contribution in [0.2, 0.25) is 0 Å². The second kappa shape index (κ2) is 12.1. The third-order valence-corrected chi connectivity index (χ3v) is 8.01. The van der Waals surface area contributed by atoms with Crippen molar-refractivity contribution < 1.29 is 22.4 Å². The Morgan fingerprint density at radius 1 is 0.947 bits per heavy atom. The Kier molecular flexibility index (Phi) is 9.32. The zero-order valence-corrected chi connectivity index (χ0v) is 24.1. The lowest BCUT2D eigenvalue weighted by Crippen LogP contribution is -2.54. The van der Waals surface area contributed by atoms with E-state index in [1.165, 1.54) is 42.2 Å². The van der Waals surface area contributed by atoms with E-state index < -0.39 is 45.8 Å². The van der Waals surface area contributed by atoms with Crippen LogP contribution in [0.1, 0.15) is 33.3 Å². The molecular formula is C28H31BrFN3O4S. The molecule has 0 aliphatic carbocycles. The van der Waals surface area contributed by atoms with E-state index in [4.69, 9.17) is 0 Å². The summed E-state index contributed by atoms with van der Waals surface area (Å²) in [6, 6.07) is 19.2. The molecule has 7 nitrogen and oxygen atoms in total. The highest BCUT2D eigenvalue weighted by Gasteiger charge is 2.33. The van der Waals surface area contributed by atoms with Gasteiger partial charge in [0, 0.05) is 22.1 Å². The number of carbonyl (C=O) groups excluding carboxylic acids is 2. The van der Waals surface area contributed by atoms with Crippen LogP contribution in [0.25, 0.3) is 0 Å². The molecule has 3 aromatic carbocycles. The van der Waals surface area contributed by atoms with Crippen LogP contribution in [0.15, 0.2) is 88.2 Å². The molecule has 0 bridgehead atoms. The molecule has 38 heavy (non-hydrogen) atoms. The Bertz CT molecular complexity index is 1380. The van der Waals surface area contributed by atoms with Crippen molar-refractivity contribution in [3.63, 3.8) is 0 Å². The van der Waals surface area contributed by atoms with E-state index >= 15 is 0 Å².